The van der Waals surface area contributed by atoms with Crippen LogP contribution in [0.3, 0.4) is 0 Å². The van der Waals surface area contributed by atoms with Crippen LogP contribution in [0.2, 0.25) is 0 Å². The molecule has 166 valence electrons. The molecule has 1 N–H and O–H groups in total. The molecule has 0 unspecified atom stereocenters. The van der Waals surface area contributed by atoms with Gasteiger partial charge in [-0.25, -0.2) is 0 Å². The van der Waals surface area contributed by atoms with Gasteiger partial charge in [-0.2, -0.15) is 0 Å². The van der Waals surface area contributed by atoms with E-state index in [1.54, 1.807) is 7.11 Å². The van der Waals surface area contributed by atoms with Crippen molar-refractivity contribution in [1.29, 1.82) is 0 Å². The number of hydrogen-bond donors (Lipinski definition) is 1. The summed E-state index contributed by atoms with van der Waals surface area (Å²) in [5, 5.41) is 2.82. The lowest BCUT2D eigenvalue weighted by Gasteiger charge is -2.42. The van der Waals surface area contributed by atoms with E-state index in [4.69, 9.17) is 4.74 Å². The van der Waals surface area contributed by atoms with E-state index in [1.807, 2.05) is 12.1 Å². The zero-order valence-corrected chi connectivity index (χ0v) is 18.9. The van der Waals surface area contributed by atoms with Crippen LogP contribution in [0.4, 0.5) is 5.69 Å². The van der Waals surface area contributed by atoms with Gasteiger partial charge in [0.1, 0.15) is 5.75 Å². The molecule has 2 amide bonds. The van der Waals surface area contributed by atoms with Gasteiger partial charge >= 0.3 is 0 Å². The standard InChI is InChI=1S/C24H37N3O3/c1-18(28)25-14-7-5-6-13-23(29)26-15-9-12-21-22(26)17-24(2,3)27(21)19-10-8-11-20(16-19)30-4/h8,10-11,16,21-22H,5-7,9,12-15,17H2,1-4H3,(H,25,28)/t21-,22-/m0/s1. The van der Waals surface area contributed by atoms with Crippen LogP contribution >= 0.6 is 0 Å². The summed E-state index contributed by atoms with van der Waals surface area (Å²) in [6.07, 6.45) is 6.53. The van der Waals surface area contributed by atoms with Crippen LogP contribution in [-0.4, -0.2) is 54.5 Å². The highest BCUT2D eigenvalue weighted by Crippen LogP contribution is 2.44. The maximum atomic E-state index is 13.1. The summed E-state index contributed by atoms with van der Waals surface area (Å²) in [7, 11) is 1.70. The number of methoxy groups -OCH3 is 1. The first-order valence-electron chi connectivity index (χ1n) is 11.3. The van der Waals surface area contributed by atoms with Gasteiger partial charge in [-0.15, -0.1) is 0 Å². The lowest BCUT2D eigenvalue weighted by Crippen LogP contribution is -2.52. The average molecular weight is 416 g/mol. The molecule has 0 bridgehead atoms. The van der Waals surface area contributed by atoms with Crippen LogP contribution in [0.5, 0.6) is 5.75 Å². The number of nitrogens with one attached hydrogen (secondary N) is 1. The minimum absolute atomic E-state index is 0.00914. The third-order valence-electron chi connectivity index (χ3n) is 6.53. The molecule has 2 aliphatic rings. The number of carbonyl (C=O) groups is 2. The highest BCUT2D eigenvalue weighted by atomic mass is 16.5. The molecule has 1 aromatic carbocycles. The molecule has 2 saturated heterocycles. The Kier molecular flexibility index (Phi) is 7.27. The first-order valence-corrected chi connectivity index (χ1v) is 11.3. The molecule has 3 rings (SSSR count). The minimum Gasteiger partial charge on any atom is -0.497 e. The van der Waals surface area contributed by atoms with Crippen LogP contribution in [0.15, 0.2) is 24.3 Å². The molecular weight excluding hydrogens is 378 g/mol. The number of unbranched alkanes of at least 4 members (excludes halogenated alkanes) is 2. The summed E-state index contributed by atoms with van der Waals surface area (Å²) in [5.74, 6) is 1.16. The van der Waals surface area contributed by atoms with Gasteiger partial charge in [-0.3, -0.25) is 9.59 Å². The zero-order chi connectivity index (χ0) is 21.7. The first kappa shape index (κ1) is 22.4. The van der Waals surface area contributed by atoms with Gasteiger partial charge in [0.05, 0.1) is 19.2 Å². The molecule has 2 fully saturated rings. The summed E-state index contributed by atoms with van der Waals surface area (Å²) in [4.78, 5) is 28.7. The molecule has 2 aliphatic heterocycles. The van der Waals surface area contributed by atoms with Crippen molar-refractivity contribution >= 4 is 17.5 Å². The molecular formula is C24H37N3O3. The Morgan fingerprint density at radius 1 is 1.20 bits per heavy atom. The summed E-state index contributed by atoms with van der Waals surface area (Å²) in [6, 6.07) is 8.91. The molecule has 0 saturated carbocycles. The van der Waals surface area contributed by atoms with E-state index in [2.05, 4.69) is 41.1 Å². The van der Waals surface area contributed by atoms with Gasteiger partial charge in [0.15, 0.2) is 0 Å². The number of likely N-dealkylation sites (tertiary alicyclic amines) is 1. The third kappa shape index (κ3) is 5.08. The number of carbonyl (C=O) groups excluding carboxylic acids is 2. The summed E-state index contributed by atoms with van der Waals surface area (Å²) in [6.45, 7) is 7.68. The van der Waals surface area contributed by atoms with Gasteiger partial charge in [-0.05, 0) is 58.1 Å². The van der Waals surface area contributed by atoms with Crippen molar-refractivity contribution in [2.75, 3.05) is 25.1 Å². The van der Waals surface area contributed by atoms with Crippen molar-refractivity contribution in [3.8, 4) is 5.75 Å². The van der Waals surface area contributed by atoms with Crippen molar-refractivity contribution < 1.29 is 14.3 Å². The molecule has 0 spiro atoms. The fourth-order valence-electron chi connectivity index (χ4n) is 5.24. The Hall–Kier alpha value is -2.24. The van der Waals surface area contributed by atoms with E-state index in [-0.39, 0.29) is 23.4 Å². The number of amides is 2. The molecule has 1 aromatic rings. The molecule has 0 aliphatic carbocycles. The number of fused-ring (bicyclic) bond motifs is 1. The highest BCUT2D eigenvalue weighted by Gasteiger charge is 2.50. The van der Waals surface area contributed by atoms with Crippen LogP contribution in [0, 0.1) is 0 Å². The summed E-state index contributed by atoms with van der Waals surface area (Å²) >= 11 is 0. The lowest BCUT2D eigenvalue weighted by atomic mass is 9.93. The molecule has 0 aromatic heterocycles. The predicted octanol–water partition coefficient (Wildman–Crippen LogP) is 3.74. The quantitative estimate of drug-likeness (QED) is 0.657. The second-order valence-corrected chi connectivity index (χ2v) is 9.25. The third-order valence-corrected chi connectivity index (χ3v) is 6.53. The van der Waals surface area contributed by atoms with Crippen molar-refractivity contribution in [2.45, 2.75) is 83.3 Å². The number of hydrogen-bond acceptors (Lipinski definition) is 4. The monoisotopic (exact) mass is 415 g/mol. The van der Waals surface area contributed by atoms with Gasteiger partial charge < -0.3 is 19.9 Å². The smallest absolute Gasteiger partial charge is 0.222 e. The first-order chi connectivity index (χ1) is 14.3. The van der Waals surface area contributed by atoms with E-state index in [1.165, 1.54) is 12.6 Å². The highest BCUT2D eigenvalue weighted by molar-refractivity contribution is 5.77. The molecule has 0 radical (unpaired) electrons. The largest absolute Gasteiger partial charge is 0.497 e. The SMILES string of the molecule is COc1cccc(N2[C@H]3CCCN(C(=O)CCCCCNC(C)=O)[C@H]3CC2(C)C)c1. The number of benzene rings is 1. The number of rotatable bonds is 8. The van der Waals surface area contributed by atoms with Gasteiger partial charge in [0.25, 0.3) is 0 Å². The maximum Gasteiger partial charge on any atom is 0.222 e. The van der Waals surface area contributed by atoms with Crippen molar-refractivity contribution in [2.24, 2.45) is 0 Å². The Morgan fingerprint density at radius 2 is 2.00 bits per heavy atom. The van der Waals surface area contributed by atoms with Crippen LogP contribution in [0.25, 0.3) is 0 Å². The lowest BCUT2D eigenvalue weighted by molar-refractivity contribution is -0.135. The number of nitrogens with zero attached hydrogens (tertiary/aromatic N) is 2. The second kappa shape index (κ2) is 9.71. The van der Waals surface area contributed by atoms with Gasteiger partial charge in [-0.1, -0.05) is 12.5 Å². The van der Waals surface area contributed by atoms with E-state index in [9.17, 15) is 9.59 Å². The van der Waals surface area contributed by atoms with Gasteiger partial charge in [0.2, 0.25) is 11.8 Å². The Morgan fingerprint density at radius 3 is 2.73 bits per heavy atom. The summed E-state index contributed by atoms with van der Waals surface area (Å²) < 4.78 is 5.45. The molecule has 6 heteroatoms. The topological polar surface area (TPSA) is 61.9 Å². The van der Waals surface area contributed by atoms with Crippen LogP contribution in [0.1, 0.15) is 65.7 Å². The van der Waals surface area contributed by atoms with E-state index >= 15 is 0 Å². The van der Waals surface area contributed by atoms with Crippen LogP contribution < -0.4 is 15.0 Å². The Bertz CT molecular complexity index is 749. The predicted molar refractivity (Wildman–Crippen MR) is 120 cm³/mol. The second-order valence-electron chi connectivity index (χ2n) is 9.25. The molecule has 2 heterocycles. The van der Waals surface area contributed by atoms with Crippen molar-refractivity contribution in [1.82, 2.24) is 10.2 Å². The van der Waals surface area contributed by atoms with Crippen molar-refractivity contribution in [3.63, 3.8) is 0 Å². The maximum absolute atomic E-state index is 13.1. The fraction of sp³-hybridized carbons (Fsp3) is 0.667. The van der Waals surface area contributed by atoms with E-state index < -0.39 is 0 Å². The normalized spacial score (nSPS) is 22.5. The van der Waals surface area contributed by atoms with E-state index in [0.717, 1.165) is 50.8 Å². The zero-order valence-electron chi connectivity index (χ0n) is 18.9. The number of ether oxygens (including phenoxy) is 1. The number of piperidine rings is 1. The van der Waals surface area contributed by atoms with Gasteiger partial charge in [0, 0.05) is 43.7 Å². The molecule has 6 nitrogen and oxygen atoms in total. The Labute approximate surface area is 180 Å². The van der Waals surface area contributed by atoms with Crippen molar-refractivity contribution in [3.05, 3.63) is 24.3 Å². The average Bonchev–Trinajstić information content (AvgIpc) is 2.99. The Balaban J connectivity index is 1.63. The summed E-state index contributed by atoms with van der Waals surface area (Å²) in [5.41, 5.74) is 1.17. The molecule has 30 heavy (non-hydrogen) atoms. The van der Waals surface area contributed by atoms with E-state index in [0.29, 0.717) is 19.0 Å². The molecule has 2 atom stereocenters. The fourth-order valence-corrected chi connectivity index (χ4v) is 5.24. The number of anilines is 1. The van der Waals surface area contributed by atoms with Crippen LogP contribution in [-0.2, 0) is 9.59 Å². The minimum atomic E-state index is -0.0110.